The van der Waals surface area contributed by atoms with Crippen molar-refractivity contribution in [1.82, 2.24) is 50.0 Å². The standard InChI is InChI=1S/C34H69N2O3P.C26H54ClO3P.C13H24N2O2.C12H22N2O2.2C8H16N2.CH4O/c1-4-6-8-10-12-14-16-18-20-22-24-30-38-40(37,36-32-34(33-36)26-28-35(3)29-27-34)39-31-25-23-21-19-17-15-13-11-9-7-5-2;1-3-5-7-9-11-13-15-17-19-21-23-25-29-31(27,28)30-26-24-22-20-18-16-14-12-10-8-6-4-2;1-12(2,3)17-11(16)15-9-13(10-15)5-7-14(4)8-6-13;1-11(2,3)16-10(15)14-8-12(9-14)4-6-13-7-5-12;2*1-10-4-2-8(3-5-10)6-9-7-8;1-2/h4-33H2,1-3H3;3-26H2,1-2H3;5-10H2,1-4H3;13H,4-9H2,1-3H3;2*9H,2-7H2,1H3;2H,1H3. The Hall–Kier alpha value is -1.23. The molecule has 24 heteroatoms. The van der Waals surface area contributed by atoms with Gasteiger partial charge in [0.15, 0.2) is 0 Å². The van der Waals surface area contributed by atoms with E-state index in [0.29, 0.717) is 42.7 Å². The van der Waals surface area contributed by atoms with E-state index in [0.717, 1.165) is 135 Å². The topological polar surface area (TPSA) is 203 Å². The second-order valence-electron chi connectivity index (χ2n) is 43.0. The number of aliphatic hydroxyl groups is 1. The highest BCUT2D eigenvalue weighted by Crippen LogP contribution is 2.60. The first-order chi connectivity index (χ1) is 60.5. The van der Waals surface area contributed by atoms with Gasteiger partial charge in [-0.25, -0.2) is 23.4 Å². The average Bonchev–Trinajstić information content (AvgIpc) is 0.769. The summed E-state index contributed by atoms with van der Waals surface area (Å²) in [7, 11) is 6.64. The van der Waals surface area contributed by atoms with E-state index in [9.17, 15) is 18.7 Å². The number of unbranched alkanes of at least 4 members (excludes halogenated alkanes) is 40. The van der Waals surface area contributed by atoms with E-state index in [1.54, 1.807) is 0 Å². The van der Waals surface area contributed by atoms with Gasteiger partial charge < -0.3 is 59.9 Å². The number of carbonyl (C=O) groups is 2. The quantitative estimate of drug-likeness (QED) is 0.0330. The van der Waals surface area contributed by atoms with Crippen LogP contribution < -0.4 is 16.0 Å². The molecule has 0 aromatic rings. The molecule has 2 amide bonds. The van der Waals surface area contributed by atoms with Gasteiger partial charge in [0.1, 0.15) is 11.2 Å². The lowest BCUT2D eigenvalue weighted by Crippen LogP contribution is -2.62. The van der Waals surface area contributed by atoms with Crippen LogP contribution >= 0.6 is 25.9 Å². The van der Waals surface area contributed by atoms with Gasteiger partial charge in [-0.2, -0.15) is 0 Å². The van der Waals surface area contributed by atoms with Gasteiger partial charge in [0.25, 0.3) is 0 Å². The molecule has 0 aliphatic carbocycles. The lowest BCUT2D eigenvalue weighted by Gasteiger charge is -2.54. The largest absolute Gasteiger partial charge is 0.444 e. The molecule has 0 aromatic heterocycles. The zero-order chi connectivity index (χ0) is 92.2. The van der Waals surface area contributed by atoms with Crippen LogP contribution in [-0.2, 0) is 36.7 Å². The van der Waals surface area contributed by atoms with Gasteiger partial charge in [-0.05, 0) is 241 Å². The number of nitrogens with one attached hydrogen (secondary N) is 3. The number of ether oxygens (including phenoxy) is 2. The van der Waals surface area contributed by atoms with Crippen LogP contribution in [0.1, 0.15) is 416 Å². The predicted octanol–water partition coefficient (Wildman–Crippen LogP) is 25.5. The van der Waals surface area contributed by atoms with Crippen molar-refractivity contribution in [2.24, 2.45) is 27.1 Å². The molecule has 0 atom stereocenters. The molecule has 10 rings (SSSR count). The zero-order valence-electron chi connectivity index (χ0n) is 85.1. The fraction of sp³-hybridized carbons (Fsp3) is 0.980. The molecule has 0 radical (unpaired) electrons. The summed E-state index contributed by atoms with van der Waals surface area (Å²) < 4.78 is 61.7. The molecular formula is C102H205ClN10O11P2. The molecule has 0 unspecified atom stereocenters. The molecule has 10 aliphatic rings. The Morgan fingerprint density at radius 1 is 0.310 bits per heavy atom. The van der Waals surface area contributed by atoms with Gasteiger partial charge >= 0.3 is 26.9 Å². The number of aliphatic hydroxyl groups excluding tert-OH is 1. The number of hydrogen-bond acceptors (Lipinski definition) is 18. The summed E-state index contributed by atoms with van der Waals surface area (Å²) in [5.41, 5.74) is 1.81. The molecule has 126 heavy (non-hydrogen) atoms. The van der Waals surface area contributed by atoms with Gasteiger partial charge in [-0.1, -0.05) is 285 Å². The summed E-state index contributed by atoms with van der Waals surface area (Å²) in [6.07, 6.45) is 69.7. The Morgan fingerprint density at radius 3 is 0.738 bits per heavy atom. The Labute approximate surface area is 781 Å². The first-order valence-electron chi connectivity index (χ1n) is 53.0. The summed E-state index contributed by atoms with van der Waals surface area (Å²) in [6, 6.07) is 0. The number of likely N-dealkylation sites (tertiary alicyclic amines) is 6. The van der Waals surface area contributed by atoms with E-state index >= 15 is 0 Å². The van der Waals surface area contributed by atoms with Crippen LogP contribution in [0, 0.1) is 27.1 Å². The van der Waals surface area contributed by atoms with E-state index < -0.39 is 14.7 Å². The van der Waals surface area contributed by atoms with Crippen LogP contribution in [0.15, 0.2) is 0 Å². The van der Waals surface area contributed by atoms with E-state index in [1.165, 1.54) is 361 Å². The normalized spacial score (nSPS) is 20.2. The summed E-state index contributed by atoms with van der Waals surface area (Å²) in [5.74, 6) is 0. The third-order valence-corrected chi connectivity index (χ3v) is 32.2. The predicted molar refractivity (Wildman–Crippen MR) is 533 cm³/mol. The van der Waals surface area contributed by atoms with Crippen molar-refractivity contribution >= 4 is 38.1 Å². The number of piperidine rings is 5. The third-order valence-electron chi connectivity index (χ3n) is 28.6. The van der Waals surface area contributed by atoms with E-state index in [-0.39, 0.29) is 23.4 Å². The molecule has 5 spiro atoms. The van der Waals surface area contributed by atoms with E-state index in [2.05, 4.69) is 96.1 Å². The molecule has 10 heterocycles. The number of nitrogens with zero attached hydrogens (tertiary/aromatic N) is 7. The highest BCUT2D eigenvalue weighted by molar-refractivity contribution is 7.81. The first-order valence-corrected chi connectivity index (χ1v) is 56.9. The molecule has 0 aromatic carbocycles. The van der Waals surface area contributed by atoms with Crippen LogP contribution in [0.2, 0.25) is 0 Å². The summed E-state index contributed by atoms with van der Waals surface area (Å²) in [4.78, 5) is 36.9. The lowest BCUT2D eigenvalue weighted by atomic mass is 9.72. The first kappa shape index (κ1) is 117. The van der Waals surface area contributed by atoms with Crippen LogP contribution in [-0.4, -0.2) is 255 Å². The van der Waals surface area contributed by atoms with Crippen molar-refractivity contribution in [2.45, 2.75) is 427 Å². The molecule has 0 bridgehead atoms. The fourth-order valence-electron chi connectivity index (χ4n) is 19.3. The van der Waals surface area contributed by atoms with Gasteiger partial charge in [-0.3, -0.25) is 18.1 Å². The van der Waals surface area contributed by atoms with Crippen LogP contribution in [0.5, 0.6) is 0 Å². The van der Waals surface area contributed by atoms with Crippen molar-refractivity contribution in [1.29, 1.82) is 0 Å². The number of rotatable bonds is 53. The fourth-order valence-corrected chi connectivity index (χ4v) is 22.5. The second kappa shape index (κ2) is 67.1. The molecule has 746 valence electrons. The minimum Gasteiger partial charge on any atom is -0.444 e. The summed E-state index contributed by atoms with van der Waals surface area (Å²) in [6.45, 7) is 41.6. The zero-order valence-corrected chi connectivity index (χ0v) is 87.6. The maximum Gasteiger partial charge on any atom is 0.424 e. The SMILES string of the molecule is CC(C)(C)OC(=O)N1CC2(CCNCC2)C1.CCCCCCCCCCCCCOP(=O)(Cl)OCCCCCCCCCCCCC.CCCCCCCCCCCCCOP(=O)(OCCCCCCCCCCCCC)N1CC2(CCN(C)CC2)C1.CN1CCC2(CC1)CN(C(=O)OC(C)(C)C)C2.CN1CCC2(CC1)CNC2.CN1CCC2(CC1)CNC2.CO. The van der Waals surface area contributed by atoms with Gasteiger partial charge in [0, 0.05) is 94.6 Å². The molecular weight excluding hydrogens is 1640 g/mol. The van der Waals surface area contributed by atoms with Gasteiger partial charge in [0.05, 0.1) is 26.4 Å². The molecule has 10 aliphatic heterocycles. The van der Waals surface area contributed by atoms with Crippen LogP contribution in [0.3, 0.4) is 0 Å². The third kappa shape index (κ3) is 52.2. The number of carbonyl (C=O) groups excluding carboxylic acids is 2. The molecule has 4 N–H and O–H groups in total. The molecule has 10 fully saturated rings. The number of halogens is 1. The molecule has 21 nitrogen and oxygen atoms in total. The smallest absolute Gasteiger partial charge is 0.424 e. The highest BCUT2D eigenvalue weighted by atomic mass is 35.7. The number of amides is 2. The molecule has 10 saturated heterocycles. The lowest BCUT2D eigenvalue weighted by molar-refractivity contribution is -0.0567. The number of hydrogen-bond donors (Lipinski definition) is 4. The van der Waals surface area contributed by atoms with Crippen molar-refractivity contribution in [2.75, 3.05) is 193 Å². The van der Waals surface area contributed by atoms with Crippen LogP contribution in [0.25, 0.3) is 0 Å². The van der Waals surface area contributed by atoms with Gasteiger partial charge in [-0.15, -0.1) is 0 Å². The highest BCUT2D eigenvalue weighted by Gasteiger charge is 2.53. The minimum atomic E-state index is -3.38. The average molecular weight is 1850 g/mol. The summed E-state index contributed by atoms with van der Waals surface area (Å²) in [5, 5.41) is 17.1. The van der Waals surface area contributed by atoms with E-state index in [4.69, 9.17) is 43.9 Å². The Kier molecular flexibility index (Phi) is 62.3. The van der Waals surface area contributed by atoms with Crippen molar-refractivity contribution in [3.05, 3.63) is 0 Å². The van der Waals surface area contributed by atoms with E-state index in [1.807, 2.05) is 51.3 Å². The Bertz CT molecular complexity index is 2640. The van der Waals surface area contributed by atoms with Crippen molar-refractivity contribution < 1.29 is 51.4 Å². The van der Waals surface area contributed by atoms with Gasteiger partial charge in [0.2, 0.25) is 0 Å². The second-order valence-corrected chi connectivity index (χ2v) is 47.7. The molecule has 0 saturated carbocycles. The monoisotopic (exact) mass is 1840 g/mol. The maximum atomic E-state index is 13.9. The Morgan fingerprint density at radius 2 is 0.516 bits per heavy atom. The summed E-state index contributed by atoms with van der Waals surface area (Å²) >= 11 is 5.91. The minimum absolute atomic E-state index is 0.151. The maximum absolute atomic E-state index is 13.9. The Balaban J connectivity index is 0.000000338. The van der Waals surface area contributed by atoms with Crippen molar-refractivity contribution in [3.8, 4) is 0 Å². The van der Waals surface area contributed by atoms with Crippen LogP contribution in [0.4, 0.5) is 9.59 Å². The van der Waals surface area contributed by atoms with Crippen molar-refractivity contribution in [3.63, 3.8) is 0 Å².